The normalized spacial score (nSPS) is 11.4. The van der Waals surface area contributed by atoms with E-state index in [1.54, 1.807) is 18.2 Å². The van der Waals surface area contributed by atoms with Crippen molar-refractivity contribution in [3.63, 3.8) is 0 Å². The summed E-state index contributed by atoms with van der Waals surface area (Å²) in [5, 5.41) is 4.67. The van der Waals surface area contributed by atoms with Gasteiger partial charge in [0, 0.05) is 11.9 Å². The second-order valence-electron chi connectivity index (χ2n) is 5.87. The summed E-state index contributed by atoms with van der Waals surface area (Å²) in [6.07, 6.45) is 2.53. The van der Waals surface area contributed by atoms with Gasteiger partial charge in [-0.25, -0.2) is 4.68 Å². The van der Waals surface area contributed by atoms with Crippen LogP contribution in [-0.4, -0.2) is 32.9 Å². The number of thioether (sulfide) groups is 1. The minimum Gasteiger partial charge on any atom is -0.272 e. The Morgan fingerprint density at radius 2 is 1.82 bits per heavy atom. The number of carbonyl (C=O) groups is 2. The standard InChI is InChI=1S/C17H19F3N4O3S/c1-2-3-6-9-24-16(27)12-8-5-4-7-11(12)14(23-24)15(26)22-21-13(25)10-28-17(18,19)20/h4-5,7-8H,2-3,6,9-10H2,1H3,(H,21,25)(H,22,26). The largest absolute Gasteiger partial charge is 0.442 e. The highest BCUT2D eigenvalue weighted by Gasteiger charge is 2.29. The molecule has 152 valence electrons. The number of carbonyl (C=O) groups excluding carboxylic acids is 2. The predicted octanol–water partition coefficient (Wildman–Crippen LogP) is 2.60. The highest BCUT2D eigenvalue weighted by atomic mass is 32.2. The molecule has 2 N–H and O–H groups in total. The predicted molar refractivity (Wildman–Crippen MR) is 99.6 cm³/mol. The zero-order valence-electron chi connectivity index (χ0n) is 15.0. The van der Waals surface area contributed by atoms with E-state index in [1.165, 1.54) is 10.7 Å². The van der Waals surface area contributed by atoms with E-state index in [1.807, 2.05) is 17.8 Å². The SMILES string of the molecule is CCCCCn1nc(C(=O)NNC(=O)CSC(F)(F)F)c2ccccc2c1=O. The van der Waals surface area contributed by atoms with Gasteiger partial charge in [0.05, 0.1) is 11.1 Å². The molecule has 0 saturated carbocycles. The molecular weight excluding hydrogens is 397 g/mol. The average molecular weight is 416 g/mol. The molecular formula is C17H19F3N4O3S. The molecule has 1 aromatic carbocycles. The molecule has 0 radical (unpaired) electrons. The smallest absolute Gasteiger partial charge is 0.272 e. The van der Waals surface area contributed by atoms with Crippen LogP contribution in [0.3, 0.4) is 0 Å². The number of nitrogens with one attached hydrogen (secondary N) is 2. The molecule has 0 unspecified atom stereocenters. The summed E-state index contributed by atoms with van der Waals surface area (Å²) < 4.78 is 37.5. The van der Waals surface area contributed by atoms with Crippen LogP contribution in [0.2, 0.25) is 0 Å². The first-order chi connectivity index (χ1) is 13.2. The quantitative estimate of drug-likeness (QED) is 0.535. The zero-order valence-corrected chi connectivity index (χ0v) is 15.8. The number of fused-ring (bicyclic) bond motifs is 1. The van der Waals surface area contributed by atoms with E-state index in [4.69, 9.17) is 0 Å². The Kier molecular flexibility index (Phi) is 7.44. The van der Waals surface area contributed by atoms with Crippen LogP contribution in [0.15, 0.2) is 29.1 Å². The monoisotopic (exact) mass is 416 g/mol. The topological polar surface area (TPSA) is 93.1 Å². The first-order valence-corrected chi connectivity index (χ1v) is 9.51. The summed E-state index contributed by atoms with van der Waals surface area (Å²) in [4.78, 5) is 36.4. The molecule has 0 spiro atoms. The molecule has 0 aliphatic carbocycles. The Bertz CT molecular complexity index is 915. The van der Waals surface area contributed by atoms with Crippen LogP contribution in [0.4, 0.5) is 13.2 Å². The maximum Gasteiger partial charge on any atom is 0.442 e. The van der Waals surface area contributed by atoms with E-state index in [9.17, 15) is 27.6 Å². The first-order valence-electron chi connectivity index (χ1n) is 8.52. The van der Waals surface area contributed by atoms with Gasteiger partial charge in [-0.05, 0) is 24.2 Å². The van der Waals surface area contributed by atoms with Gasteiger partial charge in [0.15, 0.2) is 5.69 Å². The molecule has 7 nitrogen and oxygen atoms in total. The molecule has 11 heteroatoms. The molecule has 2 aromatic rings. The van der Waals surface area contributed by atoms with Gasteiger partial charge in [-0.15, -0.1) is 0 Å². The van der Waals surface area contributed by atoms with Crippen molar-refractivity contribution in [2.75, 3.05) is 5.75 Å². The number of amides is 2. The Morgan fingerprint density at radius 3 is 2.46 bits per heavy atom. The van der Waals surface area contributed by atoms with Crippen LogP contribution in [-0.2, 0) is 11.3 Å². The summed E-state index contributed by atoms with van der Waals surface area (Å²) in [6.45, 7) is 2.33. The average Bonchev–Trinajstić information content (AvgIpc) is 2.66. The van der Waals surface area contributed by atoms with Crippen molar-refractivity contribution in [1.29, 1.82) is 0 Å². The molecule has 28 heavy (non-hydrogen) atoms. The van der Waals surface area contributed by atoms with E-state index in [0.29, 0.717) is 13.0 Å². The molecule has 0 fully saturated rings. The number of nitrogens with zero attached hydrogens (tertiary/aromatic N) is 2. The van der Waals surface area contributed by atoms with Crippen LogP contribution < -0.4 is 16.4 Å². The van der Waals surface area contributed by atoms with Gasteiger partial charge < -0.3 is 0 Å². The van der Waals surface area contributed by atoms with Crippen LogP contribution >= 0.6 is 11.8 Å². The summed E-state index contributed by atoms with van der Waals surface area (Å²) in [6, 6.07) is 6.37. The maximum absolute atomic E-state index is 12.5. The Labute approximate surface area is 162 Å². The van der Waals surface area contributed by atoms with Crippen molar-refractivity contribution in [1.82, 2.24) is 20.6 Å². The summed E-state index contributed by atoms with van der Waals surface area (Å²) >= 11 is -0.517. The summed E-state index contributed by atoms with van der Waals surface area (Å²) in [5.74, 6) is -2.74. The number of aryl methyl sites for hydroxylation is 1. The van der Waals surface area contributed by atoms with Gasteiger partial charge in [0.1, 0.15) is 0 Å². The van der Waals surface area contributed by atoms with Gasteiger partial charge in [0.2, 0.25) is 5.91 Å². The first kappa shape index (κ1) is 21.7. The number of hydrogen-bond donors (Lipinski definition) is 2. The lowest BCUT2D eigenvalue weighted by atomic mass is 10.1. The Hall–Kier alpha value is -2.56. The highest BCUT2D eigenvalue weighted by Crippen LogP contribution is 2.29. The Balaban J connectivity index is 2.20. The maximum atomic E-state index is 12.5. The summed E-state index contributed by atoms with van der Waals surface area (Å²) in [7, 11) is 0. The highest BCUT2D eigenvalue weighted by molar-refractivity contribution is 8.00. The molecule has 0 aliphatic rings. The molecule has 1 heterocycles. The number of halogens is 3. The second kappa shape index (κ2) is 9.58. The van der Waals surface area contributed by atoms with Crippen LogP contribution in [0.1, 0.15) is 36.7 Å². The van der Waals surface area contributed by atoms with E-state index in [0.717, 1.165) is 12.8 Å². The molecule has 2 rings (SSSR count). The van der Waals surface area contributed by atoms with Crippen LogP contribution in [0, 0.1) is 0 Å². The van der Waals surface area contributed by atoms with Crippen LogP contribution in [0.5, 0.6) is 0 Å². The minimum absolute atomic E-state index is 0.101. The van der Waals surface area contributed by atoms with Crippen molar-refractivity contribution in [3.05, 3.63) is 40.3 Å². The van der Waals surface area contributed by atoms with Crippen molar-refractivity contribution < 1.29 is 22.8 Å². The van der Waals surface area contributed by atoms with Gasteiger partial charge in [-0.2, -0.15) is 18.3 Å². The fourth-order valence-electron chi connectivity index (χ4n) is 2.44. The molecule has 2 amide bonds. The van der Waals surface area contributed by atoms with Gasteiger partial charge >= 0.3 is 5.51 Å². The minimum atomic E-state index is -4.55. The molecule has 1 aromatic heterocycles. The third-order valence-electron chi connectivity index (χ3n) is 3.74. The van der Waals surface area contributed by atoms with Crippen LogP contribution in [0.25, 0.3) is 10.8 Å². The second-order valence-corrected chi connectivity index (χ2v) is 6.91. The zero-order chi connectivity index (χ0) is 20.7. The van der Waals surface area contributed by atoms with Gasteiger partial charge in [0.25, 0.3) is 11.5 Å². The van der Waals surface area contributed by atoms with E-state index < -0.39 is 34.8 Å². The lowest BCUT2D eigenvalue weighted by Crippen LogP contribution is -2.43. The molecule has 0 bridgehead atoms. The fraction of sp³-hybridized carbons (Fsp3) is 0.412. The van der Waals surface area contributed by atoms with Crippen molar-refractivity contribution in [3.8, 4) is 0 Å². The number of hydrazine groups is 1. The summed E-state index contributed by atoms with van der Waals surface area (Å²) in [5.41, 5.74) is -1.03. The van der Waals surface area contributed by atoms with Gasteiger partial charge in [-0.1, -0.05) is 38.0 Å². The third kappa shape index (κ3) is 5.98. The fourth-order valence-corrected chi connectivity index (χ4v) is 2.80. The molecule has 0 aliphatic heterocycles. The number of hydrogen-bond acceptors (Lipinski definition) is 5. The number of benzene rings is 1. The van der Waals surface area contributed by atoms with Crippen molar-refractivity contribution >= 4 is 34.3 Å². The van der Waals surface area contributed by atoms with E-state index in [2.05, 4.69) is 5.10 Å². The number of alkyl halides is 3. The number of rotatable bonds is 7. The van der Waals surface area contributed by atoms with Gasteiger partial charge in [-0.3, -0.25) is 25.2 Å². The Morgan fingerprint density at radius 1 is 1.14 bits per heavy atom. The molecule has 0 atom stereocenters. The molecule has 0 saturated heterocycles. The lowest BCUT2D eigenvalue weighted by molar-refractivity contribution is -0.119. The van der Waals surface area contributed by atoms with Crippen molar-refractivity contribution in [2.24, 2.45) is 0 Å². The van der Waals surface area contributed by atoms with Crippen molar-refractivity contribution in [2.45, 2.75) is 38.2 Å². The lowest BCUT2D eigenvalue weighted by Gasteiger charge is -2.12. The van der Waals surface area contributed by atoms with E-state index >= 15 is 0 Å². The number of unbranched alkanes of at least 4 members (excludes halogenated alkanes) is 2. The number of aromatic nitrogens is 2. The van der Waals surface area contributed by atoms with E-state index in [-0.39, 0.29) is 22.0 Å². The third-order valence-corrected chi connectivity index (χ3v) is 4.47.